The molecule has 7 aromatic carbocycles. The van der Waals surface area contributed by atoms with Gasteiger partial charge in [-0.15, -0.1) is 0 Å². The number of para-hydroxylation sites is 3. The summed E-state index contributed by atoms with van der Waals surface area (Å²) in [6.45, 7) is 34.5. The molecule has 10 aromatic rings. The second-order valence-corrected chi connectivity index (χ2v) is 25.4. The molecule has 10 rings (SSSR count). The number of hydrogen-bond acceptors (Lipinski definition) is 2. The molecule has 370 valence electrons. The Morgan fingerprint density at radius 3 is 1.70 bits per heavy atom. The summed E-state index contributed by atoms with van der Waals surface area (Å²) >= 11 is 0. The standard InChI is InChI=1S/C68H73N5/c1-64(2,3)46-24-21-23-45(37-46)54-28-22-30-59-63(54)70(53-39-48(66(7,8)9)38-49(40-53)67(10,11)12)44-71(59)61-43-52(32-34-57(61)68(13,14)15)72(50-25-17-16-18-26-50)51-31-33-56-55-27-19-20-29-58(55)73(60(56)42-51)62-41-47(35-36-69-62)65(4,5)6/h16-43H,1-15H3. The summed E-state index contributed by atoms with van der Waals surface area (Å²) in [4.78, 5) is 7.43. The lowest BCUT2D eigenvalue weighted by Crippen LogP contribution is -2.32. The van der Waals surface area contributed by atoms with Crippen molar-refractivity contribution in [3.05, 3.63) is 204 Å². The number of hydrogen-bond donors (Lipinski definition) is 0. The highest BCUT2D eigenvalue weighted by molar-refractivity contribution is 6.10. The van der Waals surface area contributed by atoms with Gasteiger partial charge in [-0.05, 0) is 133 Å². The zero-order valence-electron chi connectivity index (χ0n) is 45.9. The van der Waals surface area contributed by atoms with Crippen LogP contribution in [0.15, 0.2) is 170 Å². The van der Waals surface area contributed by atoms with Crippen LogP contribution in [0.25, 0.3) is 61.2 Å². The highest BCUT2D eigenvalue weighted by atomic mass is 15.2. The molecule has 0 unspecified atom stereocenters. The summed E-state index contributed by atoms with van der Waals surface area (Å²) in [6.07, 6.45) is 6.03. The highest BCUT2D eigenvalue weighted by Crippen LogP contribution is 2.43. The lowest BCUT2D eigenvalue weighted by atomic mass is 9.80. The Hall–Kier alpha value is -7.24. The van der Waals surface area contributed by atoms with Gasteiger partial charge in [-0.2, -0.15) is 0 Å². The zero-order valence-corrected chi connectivity index (χ0v) is 45.9. The Labute approximate surface area is 434 Å². The third-order valence-electron chi connectivity index (χ3n) is 14.7. The minimum absolute atomic E-state index is 0.0113. The first kappa shape index (κ1) is 49.3. The number of imidazole rings is 1. The van der Waals surface area contributed by atoms with E-state index in [9.17, 15) is 0 Å². The molecule has 0 N–H and O–H groups in total. The average molecular weight is 960 g/mol. The van der Waals surface area contributed by atoms with E-state index in [4.69, 9.17) is 4.98 Å². The van der Waals surface area contributed by atoms with E-state index < -0.39 is 0 Å². The van der Waals surface area contributed by atoms with Gasteiger partial charge in [0.2, 0.25) is 0 Å². The summed E-state index contributed by atoms with van der Waals surface area (Å²) in [5, 5.41) is 2.39. The van der Waals surface area contributed by atoms with Crippen molar-refractivity contribution < 1.29 is 4.57 Å². The molecule has 0 saturated heterocycles. The predicted molar refractivity (Wildman–Crippen MR) is 309 cm³/mol. The predicted octanol–water partition coefficient (Wildman–Crippen LogP) is 17.8. The molecule has 0 bridgehead atoms. The summed E-state index contributed by atoms with van der Waals surface area (Å²) in [5.74, 6) is 0.911. The van der Waals surface area contributed by atoms with Gasteiger partial charge in [-0.25, -0.2) is 4.98 Å². The van der Waals surface area contributed by atoms with Gasteiger partial charge in [0.1, 0.15) is 5.82 Å². The SMILES string of the molecule is CC(C)(C)c1cccc(-c2cccc3c2[n+](-c2cc(C(C)(C)C)cc(C(C)(C)C)c2)[c-]n3-c2cc(N(c3ccccc3)c3ccc4c5ccccc5n(-c5cc(C(C)(C)C)ccn5)c4c3)ccc2C(C)(C)C)c1. The summed E-state index contributed by atoms with van der Waals surface area (Å²) in [5.41, 5.74) is 18.1. The third-order valence-corrected chi connectivity index (χ3v) is 14.7. The zero-order chi connectivity index (χ0) is 52.0. The minimum atomic E-state index is -0.209. The first-order valence-electron chi connectivity index (χ1n) is 26.1. The maximum atomic E-state index is 5.03. The van der Waals surface area contributed by atoms with E-state index in [1.165, 1.54) is 49.7 Å². The minimum Gasteiger partial charge on any atom is -0.311 e. The monoisotopic (exact) mass is 960 g/mol. The number of aromatic nitrogens is 4. The molecule has 0 aliphatic rings. The molecule has 0 amide bonds. The smallest absolute Gasteiger partial charge is 0.269 e. The first-order valence-corrected chi connectivity index (χ1v) is 26.1. The van der Waals surface area contributed by atoms with Gasteiger partial charge in [0.15, 0.2) is 0 Å². The first-order chi connectivity index (χ1) is 34.4. The van der Waals surface area contributed by atoms with Gasteiger partial charge in [0.05, 0.1) is 33.4 Å². The van der Waals surface area contributed by atoms with Crippen molar-refractivity contribution in [2.75, 3.05) is 4.90 Å². The molecule has 0 saturated carbocycles. The van der Waals surface area contributed by atoms with Crippen molar-refractivity contribution in [2.24, 2.45) is 0 Å². The Morgan fingerprint density at radius 1 is 0.438 bits per heavy atom. The number of pyridine rings is 1. The normalized spacial score (nSPS) is 12.9. The van der Waals surface area contributed by atoms with Gasteiger partial charge in [0.25, 0.3) is 6.33 Å². The molecular formula is C68H73N5. The van der Waals surface area contributed by atoms with Crippen molar-refractivity contribution in [3.8, 4) is 28.3 Å². The lowest BCUT2D eigenvalue weighted by molar-refractivity contribution is -0.572. The number of anilines is 3. The third kappa shape index (κ3) is 9.28. The molecule has 5 nitrogen and oxygen atoms in total. The van der Waals surface area contributed by atoms with E-state index in [2.05, 4.69) is 293 Å². The summed E-state index contributed by atoms with van der Waals surface area (Å²) < 4.78 is 7.03. The van der Waals surface area contributed by atoms with Crippen LogP contribution >= 0.6 is 0 Å². The van der Waals surface area contributed by atoms with Crippen molar-refractivity contribution >= 4 is 49.9 Å². The van der Waals surface area contributed by atoms with Crippen LogP contribution in [0.1, 0.15) is 132 Å². The van der Waals surface area contributed by atoms with E-state index in [0.717, 1.165) is 56.3 Å². The van der Waals surface area contributed by atoms with Crippen molar-refractivity contribution in [2.45, 2.75) is 131 Å². The quantitative estimate of drug-likeness (QED) is 0.118. The molecule has 0 radical (unpaired) electrons. The largest absolute Gasteiger partial charge is 0.311 e. The van der Waals surface area contributed by atoms with E-state index in [-0.39, 0.29) is 27.1 Å². The maximum Gasteiger partial charge on any atom is 0.269 e. The Bertz CT molecular complexity index is 3670. The van der Waals surface area contributed by atoms with Crippen LogP contribution in [0.4, 0.5) is 17.1 Å². The Morgan fingerprint density at radius 2 is 1.03 bits per heavy atom. The molecule has 0 fully saturated rings. The van der Waals surface area contributed by atoms with E-state index in [0.29, 0.717) is 0 Å². The average Bonchev–Trinajstić information content (AvgIpc) is 3.89. The van der Waals surface area contributed by atoms with Crippen LogP contribution in [0, 0.1) is 6.33 Å². The fourth-order valence-corrected chi connectivity index (χ4v) is 10.4. The summed E-state index contributed by atoms with van der Waals surface area (Å²) in [7, 11) is 0. The van der Waals surface area contributed by atoms with E-state index in [1.807, 2.05) is 6.20 Å². The Balaban J connectivity index is 1.26. The molecule has 73 heavy (non-hydrogen) atoms. The van der Waals surface area contributed by atoms with Gasteiger partial charge in [-0.3, -0.25) is 13.7 Å². The molecular weight excluding hydrogens is 887 g/mol. The lowest BCUT2D eigenvalue weighted by Gasteiger charge is -2.29. The molecule has 0 spiro atoms. The van der Waals surface area contributed by atoms with Crippen LogP contribution in [0.3, 0.4) is 0 Å². The molecule has 5 heteroatoms. The second-order valence-electron chi connectivity index (χ2n) is 25.4. The second kappa shape index (κ2) is 17.8. The number of rotatable bonds is 7. The van der Waals surface area contributed by atoms with Crippen LogP contribution < -0.4 is 9.47 Å². The maximum absolute atomic E-state index is 5.03. The van der Waals surface area contributed by atoms with Crippen molar-refractivity contribution in [3.63, 3.8) is 0 Å². The molecule has 0 aliphatic heterocycles. The van der Waals surface area contributed by atoms with Crippen molar-refractivity contribution in [1.29, 1.82) is 0 Å². The number of benzene rings is 7. The number of fused-ring (bicyclic) bond motifs is 4. The fourth-order valence-electron chi connectivity index (χ4n) is 10.4. The summed E-state index contributed by atoms with van der Waals surface area (Å²) in [6, 6.07) is 61.0. The van der Waals surface area contributed by atoms with E-state index in [1.54, 1.807) is 0 Å². The van der Waals surface area contributed by atoms with Crippen LogP contribution in [0.2, 0.25) is 0 Å². The van der Waals surface area contributed by atoms with Crippen LogP contribution in [-0.2, 0) is 27.1 Å². The molecule has 0 atom stereocenters. The van der Waals surface area contributed by atoms with Gasteiger partial charge >= 0.3 is 0 Å². The highest BCUT2D eigenvalue weighted by Gasteiger charge is 2.28. The number of nitrogens with zero attached hydrogens (tertiary/aromatic N) is 5. The van der Waals surface area contributed by atoms with Gasteiger partial charge in [0, 0.05) is 34.0 Å². The van der Waals surface area contributed by atoms with Crippen LogP contribution in [0.5, 0.6) is 0 Å². The van der Waals surface area contributed by atoms with E-state index >= 15 is 0 Å². The molecule has 0 aliphatic carbocycles. The van der Waals surface area contributed by atoms with Gasteiger partial charge in [-0.1, -0.05) is 201 Å². The van der Waals surface area contributed by atoms with Crippen molar-refractivity contribution in [1.82, 2.24) is 14.1 Å². The van der Waals surface area contributed by atoms with Crippen LogP contribution in [-0.4, -0.2) is 14.1 Å². The molecule has 3 aromatic heterocycles. The molecule has 3 heterocycles. The fraction of sp³-hybridized carbons (Fsp3) is 0.294. The topological polar surface area (TPSA) is 29.9 Å². The van der Waals surface area contributed by atoms with Gasteiger partial charge < -0.3 is 4.90 Å². The Kier molecular flexibility index (Phi) is 12.0.